The van der Waals surface area contributed by atoms with E-state index in [2.05, 4.69) is 0 Å². The maximum Gasteiger partial charge on any atom is 0 e. The normalized spacial score (nSPS) is 0. The van der Waals surface area contributed by atoms with Crippen molar-refractivity contribution in [1.82, 2.24) is 0 Å². The van der Waals surface area contributed by atoms with Crippen LogP contribution >= 0.6 is 12.4 Å². The summed E-state index contributed by atoms with van der Waals surface area (Å²) < 4.78 is 0. The van der Waals surface area contributed by atoms with Gasteiger partial charge in [-0.05, 0) is 0 Å². The Balaban J connectivity index is 0. The molecule has 6 nitrogen and oxygen atoms in total. The molecule has 0 saturated heterocycles. The third-order valence-electron chi connectivity index (χ3n) is 0. The molecule has 0 radical (unpaired) electrons. The van der Waals surface area contributed by atoms with Crippen molar-refractivity contribution in [3.8, 4) is 0 Å². The van der Waals surface area contributed by atoms with Crippen molar-refractivity contribution in [1.29, 1.82) is 0 Å². The van der Waals surface area contributed by atoms with Crippen molar-refractivity contribution in [2.75, 3.05) is 0 Å². The Morgan fingerprint density at radius 3 is 0.333 bits per heavy atom. The Kier molecular flexibility index (Phi) is 39200. The first kappa shape index (κ1) is 703. The van der Waals surface area contributed by atoms with Gasteiger partial charge < -0.3 is 32.9 Å². The van der Waals surface area contributed by atoms with Gasteiger partial charge in [0.15, 0.2) is 0 Å². The number of hydrogen-bond donors (Lipinski definition) is 0. The van der Waals surface area contributed by atoms with E-state index in [1.807, 2.05) is 0 Å². The molecule has 0 spiro atoms. The van der Waals surface area contributed by atoms with Gasteiger partial charge in [0.2, 0.25) is 0 Å². The molecule has 0 saturated carbocycles. The zero-order valence-corrected chi connectivity index (χ0v) is 7.14. The van der Waals surface area contributed by atoms with Crippen molar-refractivity contribution in [3.05, 3.63) is 0 Å². The van der Waals surface area contributed by atoms with Crippen LogP contribution in [0.25, 0.3) is 0 Å². The average molecular weight is 256 g/mol. The van der Waals surface area contributed by atoms with E-state index in [0.29, 0.717) is 0 Å². The van der Waals surface area contributed by atoms with Crippen LogP contribution in [0.4, 0.5) is 0 Å². The van der Waals surface area contributed by atoms with E-state index in [1.54, 1.807) is 0 Å². The summed E-state index contributed by atoms with van der Waals surface area (Å²) in [4.78, 5) is 0. The summed E-state index contributed by atoms with van der Waals surface area (Å²) in [7, 11) is 0. The molecular weight excluding hydrogens is 243 g/mol. The quantitative estimate of drug-likeness (QED) is 0.377. The van der Waals surface area contributed by atoms with E-state index < -0.39 is 0 Å². The van der Waals surface area contributed by atoms with Crippen LogP contribution in [0.2, 0.25) is 0 Å². The smallest absolute Gasteiger partial charge is 0 e. The van der Waals surface area contributed by atoms with Crippen molar-refractivity contribution in [3.63, 3.8) is 0 Å². The second-order valence-electron chi connectivity index (χ2n) is 0. The minimum Gasteiger partial charge on any atom is -0.412 e. The van der Waals surface area contributed by atoms with Gasteiger partial charge in [-0.15, -0.1) is 12.4 Å². The topological polar surface area (TPSA) is 189 Å². The summed E-state index contributed by atoms with van der Waals surface area (Å²) in [6.45, 7) is 0. The fourth-order valence-corrected chi connectivity index (χ4v) is 0. The third-order valence-corrected chi connectivity index (χ3v) is 0. The molecule has 0 heterocycles. The van der Waals surface area contributed by atoms with Gasteiger partial charge >= 0.3 is 0 Å². The Morgan fingerprint density at radius 1 is 0.333 bits per heavy atom. The molecule has 0 unspecified atom stereocenters. The second-order valence-corrected chi connectivity index (χ2v) is 0. The van der Waals surface area contributed by atoms with Crippen molar-refractivity contribution < 1.29 is 67.0 Å². The number of rotatable bonds is 0. The summed E-state index contributed by atoms with van der Waals surface area (Å²) in [6.07, 6.45) is 0. The van der Waals surface area contributed by atoms with E-state index in [9.17, 15) is 0 Å². The van der Waals surface area contributed by atoms with Gasteiger partial charge in [0, 0.05) is 34.1 Å². The third kappa shape index (κ3) is 385. The van der Waals surface area contributed by atoms with E-state index in [1.165, 1.54) is 0 Å². The molecule has 0 aromatic rings. The summed E-state index contributed by atoms with van der Waals surface area (Å²) in [5, 5.41) is 0. The molecule has 0 aromatic carbocycles. The van der Waals surface area contributed by atoms with Crippen LogP contribution in [0.3, 0.4) is 0 Å². The van der Waals surface area contributed by atoms with Crippen LogP contribution in [0.15, 0.2) is 0 Å². The Morgan fingerprint density at radius 2 is 0.333 bits per heavy atom. The second kappa shape index (κ2) is 502. The first-order valence-electron chi connectivity index (χ1n) is 0. The summed E-state index contributed by atoms with van der Waals surface area (Å²) in [5.74, 6) is 0. The minimum absolute atomic E-state index is 0. The van der Waals surface area contributed by atoms with E-state index in [4.69, 9.17) is 0 Å². The zero-order valence-electron chi connectivity index (χ0n) is 4.12. The van der Waals surface area contributed by atoms with E-state index >= 15 is 0 Å². The van der Waals surface area contributed by atoms with E-state index in [0.717, 1.165) is 0 Å². The fourth-order valence-electron chi connectivity index (χ4n) is 0. The van der Waals surface area contributed by atoms with Crippen LogP contribution in [-0.2, 0) is 34.1 Å². The molecule has 0 amide bonds. The van der Waals surface area contributed by atoms with Crippen molar-refractivity contribution in [2.45, 2.75) is 0 Å². The molecular formula is H13ClFe2O6. The molecule has 0 bridgehead atoms. The summed E-state index contributed by atoms with van der Waals surface area (Å²) in [5.41, 5.74) is 0. The van der Waals surface area contributed by atoms with Gasteiger partial charge in [-0.25, -0.2) is 0 Å². The van der Waals surface area contributed by atoms with E-state index in [-0.39, 0.29) is 79.4 Å². The molecule has 72 valence electrons. The molecule has 0 aliphatic carbocycles. The standard InChI is InChI=1S/ClH.2Fe.6H2O/h1H;;;6*1H2. The monoisotopic (exact) mass is 256 g/mol. The number of hydrogen-bond acceptors (Lipinski definition) is 0. The molecule has 0 aliphatic rings. The minimum atomic E-state index is 0. The van der Waals surface area contributed by atoms with Gasteiger partial charge in [-0.1, -0.05) is 0 Å². The molecule has 0 atom stereocenters. The van der Waals surface area contributed by atoms with Gasteiger partial charge in [0.1, 0.15) is 0 Å². The van der Waals surface area contributed by atoms with Crippen molar-refractivity contribution >= 4 is 12.4 Å². The maximum absolute atomic E-state index is 0. The summed E-state index contributed by atoms with van der Waals surface area (Å²) >= 11 is 0. The Labute approximate surface area is 79.6 Å². The molecule has 0 fully saturated rings. The molecule has 9 heteroatoms. The first-order valence-corrected chi connectivity index (χ1v) is 0. The van der Waals surface area contributed by atoms with Crippen LogP contribution in [0.5, 0.6) is 0 Å². The zero-order chi connectivity index (χ0) is 0. The van der Waals surface area contributed by atoms with Gasteiger partial charge in [-0.3, -0.25) is 0 Å². The first-order chi connectivity index (χ1) is 0. The summed E-state index contributed by atoms with van der Waals surface area (Å²) in [6, 6.07) is 0. The molecule has 0 aromatic heterocycles. The van der Waals surface area contributed by atoms with Crippen LogP contribution < -0.4 is 0 Å². The predicted octanol–water partition coefficient (Wildman–Crippen LogP) is -4.53. The van der Waals surface area contributed by atoms with Gasteiger partial charge in [-0.2, -0.15) is 0 Å². The predicted molar refractivity (Wildman–Crippen MR) is 28.9 cm³/mol. The molecule has 9 heavy (non-hydrogen) atoms. The fraction of sp³-hybridized carbons (Fsp3) is 0. The Bertz CT molecular complexity index is 11.0. The van der Waals surface area contributed by atoms with Crippen LogP contribution in [0, 0.1) is 0 Å². The number of halogens is 1. The maximum atomic E-state index is 0. The van der Waals surface area contributed by atoms with Crippen LogP contribution in [-0.4, -0.2) is 32.9 Å². The molecule has 0 rings (SSSR count). The van der Waals surface area contributed by atoms with Crippen molar-refractivity contribution in [2.24, 2.45) is 0 Å². The molecule has 0 aliphatic heterocycles. The molecule has 12 N–H and O–H groups in total. The van der Waals surface area contributed by atoms with Gasteiger partial charge in [0.05, 0.1) is 0 Å². The van der Waals surface area contributed by atoms with Gasteiger partial charge in [0.25, 0.3) is 0 Å². The Hall–Kier alpha value is 1.09. The SMILES string of the molecule is Cl.O.O.O.O.O.O.[Fe].[Fe]. The van der Waals surface area contributed by atoms with Crippen LogP contribution in [0.1, 0.15) is 0 Å². The average Bonchev–Trinajstić information content (AvgIpc) is 0. The largest absolute Gasteiger partial charge is 0.412 e.